The number of aromatic nitrogens is 4. The lowest BCUT2D eigenvalue weighted by Gasteiger charge is -2.23. The van der Waals surface area contributed by atoms with Crippen molar-refractivity contribution >= 4 is 34.0 Å². The Kier molecular flexibility index (Phi) is 3.23. The van der Waals surface area contributed by atoms with E-state index in [2.05, 4.69) is 20.2 Å². The number of anilines is 2. The van der Waals surface area contributed by atoms with E-state index in [1.165, 1.54) is 0 Å². The molecule has 0 aliphatic heterocycles. The van der Waals surface area contributed by atoms with Crippen LogP contribution in [0.15, 0.2) is 30.6 Å². The summed E-state index contributed by atoms with van der Waals surface area (Å²) in [4.78, 5) is 9.36. The molecule has 0 saturated carbocycles. The molecule has 102 valence electrons. The van der Waals surface area contributed by atoms with Crippen molar-refractivity contribution in [3.63, 3.8) is 0 Å². The zero-order chi connectivity index (χ0) is 14.1. The molecule has 5 nitrogen and oxygen atoms in total. The van der Waals surface area contributed by atoms with E-state index in [-0.39, 0.29) is 11.1 Å². The topological polar surface area (TPSA) is 57.7 Å². The Bertz CT molecular complexity index is 757. The summed E-state index contributed by atoms with van der Waals surface area (Å²) in [7, 11) is 0. The van der Waals surface area contributed by atoms with Crippen molar-refractivity contribution in [3.05, 3.63) is 41.7 Å². The standard InChI is InChI=1S/C13H11ClFN5/c1-2-20(12-9(15)7-16-13(14)18-12)11-5-3-4-10-8(11)6-17-19-10/h3-7H,2H2,1H3,(H,17,19). The van der Waals surface area contributed by atoms with Gasteiger partial charge in [0.15, 0.2) is 11.6 Å². The number of hydrogen-bond donors (Lipinski definition) is 1. The average Bonchev–Trinajstić information content (AvgIpc) is 2.92. The summed E-state index contributed by atoms with van der Waals surface area (Å²) < 4.78 is 14.0. The number of rotatable bonds is 3. The van der Waals surface area contributed by atoms with Crippen LogP contribution >= 0.6 is 11.6 Å². The van der Waals surface area contributed by atoms with Crippen LogP contribution in [0.4, 0.5) is 15.9 Å². The first-order chi connectivity index (χ1) is 9.70. The summed E-state index contributed by atoms with van der Waals surface area (Å²) in [5.74, 6) is -0.363. The molecular weight excluding hydrogens is 281 g/mol. The third kappa shape index (κ3) is 2.08. The Hall–Kier alpha value is -2.21. The monoisotopic (exact) mass is 291 g/mol. The molecule has 0 radical (unpaired) electrons. The fourth-order valence-corrected chi connectivity index (χ4v) is 2.28. The van der Waals surface area contributed by atoms with Gasteiger partial charge in [0.2, 0.25) is 5.28 Å². The molecule has 20 heavy (non-hydrogen) atoms. The normalized spacial score (nSPS) is 10.9. The Labute approximate surface area is 119 Å². The Morgan fingerprint density at radius 1 is 1.35 bits per heavy atom. The van der Waals surface area contributed by atoms with Crippen molar-refractivity contribution in [1.29, 1.82) is 0 Å². The minimum atomic E-state index is -0.517. The number of H-pyrrole nitrogens is 1. The molecule has 0 bridgehead atoms. The Morgan fingerprint density at radius 3 is 3.00 bits per heavy atom. The van der Waals surface area contributed by atoms with Crippen LogP contribution in [0.2, 0.25) is 5.28 Å². The molecule has 0 fully saturated rings. The molecule has 2 heterocycles. The second-order valence-corrected chi connectivity index (χ2v) is 4.50. The van der Waals surface area contributed by atoms with Gasteiger partial charge in [0.25, 0.3) is 0 Å². The number of benzene rings is 1. The van der Waals surface area contributed by atoms with Crippen LogP contribution in [-0.4, -0.2) is 26.7 Å². The van der Waals surface area contributed by atoms with E-state index in [1.54, 1.807) is 11.1 Å². The van der Waals surface area contributed by atoms with E-state index in [0.29, 0.717) is 6.54 Å². The van der Waals surface area contributed by atoms with Crippen LogP contribution < -0.4 is 4.90 Å². The number of hydrogen-bond acceptors (Lipinski definition) is 4. The number of halogens is 2. The molecule has 2 aromatic heterocycles. The number of nitrogens with one attached hydrogen (secondary N) is 1. The van der Waals surface area contributed by atoms with Gasteiger partial charge in [-0.15, -0.1) is 0 Å². The number of nitrogens with zero attached hydrogens (tertiary/aromatic N) is 4. The van der Waals surface area contributed by atoms with Crippen molar-refractivity contribution < 1.29 is 4.39 Å². The molecular formula is C13H11ClFN5. The third-order valence-corrected chi connectivity index (χ3v) is 3.20. The van der Waals surface area contributed by atoms with E-state index in [1.807, 2.05) is 25.1 Å². The lowest BCUT2D eigenvalue weighted by molar-refractivity contribution is 0.611. The van der Waals surface area contributed by atoms with Crippen LogP contribution in [0.25, 0.3) is 10.9 Å². The molecule has 3 rings (SSSR count). The summed E-state index contributed by atoms with van der Waals surface area (Å²) >= 11 is 5.77. The molecule has 1 aromatic carbocycles. The molecule has 0 amide bonds. The highest BCUT2D eigenvalue weighted by Crippen LogP contribution is 2.31. The van der Waals surface area contributed by atoms with Crippen molar-refractivity contribution in [2.24, 2.45) is 0 Å². The maximum atomic E-state index is 14.0. The largest absolute Gasteiger partial charge is 0.323 e. The van der Waals surface area contributed by atoms with Crippen molar-refractivity contribution in [2.75, 3.05) is 11.4 Å². The van der Waals surface area contributed by atoms with E-state index >= 15 is 0 Å². The van der Waals surface area contributed by atoms with Gasteiger partial charge in [-0.25, -0.2) is 9.37 Å². The summed E-state index contributed by atoms with van der Waals surface area (Å²) in [5.41, 5.74) is 1.69. The van der Waals surface area contributed by atoms with Gasteiger partial charge in [-0.1, -0.05) is 6.07 Å². The molecule has 1 N–H and O–H groups in total. The fourth-order valence-electron chi connectivity index (χ4n) is 2.15. The van der Waals surface area contributed by atoms with E-state index < -0.39 is 5.82 Å². The minimum absolute atomic E-state index is 0.0132. The molecule has 0 saturated heterocycles. The SMILES string of the molecule is CCN(c1nc(Cl)ncc1F)c1cccc2[nH]ncc12. The molecule has 7 heteroatoms. The summed E-state index contributed by atoms with van der Waals surface area (Å²) in [6.45, 7) is 2.45. The predicted molar refractivity (Wildman–Crippen MR) is 75.8 cm³/mol. The lowest BCUT2D eigenvalue weighted by Crippen LogP contribution is -2.19. The average molecular weight is 292 g/mol. The van der Waals surface area contributed by atoms with Gasteiger partial charge in [0.1, 0.15) is 0 Å². The van der Waals surface area contributed by atoms with E-state index in [9.17, 15) is 4.39 Å². The summed E-state index contributed by atoms with van der Waals surface area (Å²) in [5, 5.41) is 7.80. The van der Waals surface area contributed by atoms with Crippen molar-refractivity contribution in [1.82, 2.24) is 20.2 Å². The highest BCUT2D eigenvalue weighted by molar-refractivity contribution is 6.28. The van der Waals surface area contributed by atoms with Gasteiger partial charge in [-0.05, 0) is 30.7 Å². The third-order valence-electron chi connectivity index (χ3n) is 3.02. The fraction of sp³-hybridized carbons (Fsp3) is 0.154. The second-order valence-electron chi connectivity index (χ2n) is 4.16. The first-order valence-corrected chi connectivity index (χ1v) is 6.46. The van der Waals surface area contributed by atoms with E-state index in [0.717, 1.165) is 22.8 Å². The van der Waals surface area contributed by atoms with Gasteiger partial charge >= 0.3 is 0 Å². The van der Waals surface area contributed by atoms with Gasteiger partial charge in [0.05, 0.1) is 23.6 Å². The van der Waals surface area contributed by atoms with Gasteiger partial charge < -0.3 is 4.90 Å². The number of fused-ring (bicyclic) bond motifs is 1. The molecule has 0 unspecified atom stereocenters. The van der Waals surface area contributed by atoms with Crippen molar-refractivity contribution in [2.45, 2.75) is 6.92 Å². The van der Waals surface area contributed by atoms with E-state index in [4.69, 9.17) is 11.6 Å². The van der Waals surface area contributed by atoms with Gasteiger partial charge in [0, 0.05) is 11.9 Å². The molecule has 3 aromatic rings. The molecule has 0 spiro atoms. The molecule has 0 aliphatic rings. The van der Waals surface area contributed by atoms with Crippen LogP contribution in [0.3, 0.4) is 0 Å². The maximum Gasteiger partial charge on any atom is 0.224 e. The second kappa shape index (κ2) is 5.05. The highest BCUT2D eigenvalue weighted by Gasteiger charge is 2.17. The van der Waals surface area contributed by atoms with Gasteiger partial charge in [-0.3, -0.25) is 5.10 Å². The predicted octanol–water partition coefficient (Wildman–Crippen LogP) is 3.30. The van der Waals surface area contributed by atoms with Gasteiger partial charge in [-0.2, -0.15) is 10.1 Å². The quantitative estimate of drug-likeness (QED) is 0.752. The van der Waals surface area contributed by atoms with Crippen LogP contribution in [0.5, 0.6) is 0 Å². The number of aromatic amines is 1. The molecule has 0 aliphatic carbocycles. The summed E-state index contributed by atoms with van der Waals surface area (Å²) in [6, 6.07) is 5.67. The van der Waals surface area contributed by atoms with Crippen LogP contribution in [0, 0.1) is 5.82 Å². The van der Waals surface area contributed by atoms with Crippen LogP contribution in [-0.2, 0) is 0 Å². The highest BCUT2D eigenvalue weighted by atomic mass is 35.5. The molecule has 0 atom stereocenters. The minimum Gasteiger partial charge on any atom is -0.323 e. The Balaban J connectivity index is 2.19. The summed E-state index contributed by atoms with van der Waals surface area (Å²) in [6.07, 6.45) is 2.77. The zero-order valence-corrected chi connectivity index (χ0v) is 11.4. The zero-order valence-electron chi connectivity index (χ0n) is 10.6. The smallest absolute Gasteiger partial charge is 0.224 e. The van der Waals surface area contributed by atoms with Crippen molar-refractivity contribution in [3.8, 4) is 0 Å². The first-order valence-electron chi connectivity index (χ1n) is 6.08. The first kappa shape index (κ1) is 12.8. The lowest BCUT2D eigenvalue weighted by atomic mass is 10.2. The maximum absolute atomic E-state index is 14.0. The van der Waals surface area contributed by atoms with Crippen LogP contribution in [0.1, 0.15) is 6.92 Å². The Morgan fingerprint density at radius 2 is 2.20 bits per heavy atom.